The van der Waals surface area contributed by atoms with Crippen molar-refractivity contribution >= 4 is 76.5 Å². The van der Waals surface area contributed by atoms with Gasteiger partial charge >= 0.3 is 0 Å². The minimum Gasteiger partial charge on any atom is -0.455 e. The van der Waals surface area contributed by atoms with E-state index in [1.54, 1.807) is 0 Å². The standard InChI is InChI=1S/C40H23NO2/c1-2-12-25-24(10-1)11-7-15-26(25)29-16-8-17-30-32-22-38-33(23-37(32)42-39(29)30)31-18-9-21-36(40(31)43-38)41-34-19-5-3-13-27(34)28-14-4-6-20-35(28)41/h1-23H. The number of hydrogen-bond acceptors (Lipinski definition) is 2. The van der Waals surface area contributed by atoms with E-state index in [1.807, 2.05) is 0 Å². The molecular formula is C40H23NO2. The van der Waals surface area contributed by atoms with E-state index in [9.17, 15) is 0 Å². The third-order valence-corrected chi connectivity index (χ3v) is 9.00. The Hall–Kier alpha value is -5.80. The van der Waals surface area contributed by atoms with Gasteiger partial charge in [0.1, 0.15) is 16.7 Å². The van der Waals surface area contributed by atoms with Crippen molar-refractivity contribution in [2.75, 3.05) is 0 Å². The van der Waals surface area contributed by atoms with Gasteiger partial charge in [-0.2, -0.15) is 0 Å². The van der Waals surface area contributed by atoms with Crippen molar-refractivity contribution in [3.05, 3.63) is 140 Å². The average molecular weight is 550 g/mol. The molecule has 0 unspecified atom stereocenters. The van der Waals surface area contributed by atoms with E-state index >= 15 is 0 Å². The molecule has 3 heteroatoms. The Labute approximate surface area is 245 Å². The van der Waals surface area contributed by atoms with Gasteiger partial charge in [-0.3, -0.25) is 0 Å². The molecule has 0 aliphatic rings. The fourth-order valence-electron chi connectivity index (χ4n) is 7.10. The molecule has 0 N–H and O–H groups in total. The molecular weight excluding hydrogens is 526 g/mol. The Morgan fingerprint density at radius 3 is 1.63 bits per heavy atom. The van der Waals surface area contributed by atoms with Crippen LogP contribution in [0.3, 0.4) is 0 Å². The molecule has 0 atom stereocenters. The van der Waals surface area contributed by atoms with E-state index in [0.29, 0.717) is 0 Å². The minimum atomic E-state index is 0.856. The predicted octanol–water partition coefficient (Wildman–Crippen LogP) is 11.4. The van der Waals surface area contributed by atoms with Gasteiger partial charge < -0.3 is 13.4 Å². The summed E-state index contributed by atoms with van der Waals surface area (Å²) in [6, 6.07) is 49.3. The maximum absolute atomic E-state index is 6.74. The highest BCUT2D eigenvalue weighted by atomic mass is 16.3. The summed E-state index contributed by atoms with van der Waals surface area (Å²) in [6.45, 7) is 0. The van der Waals surface area contributed by atoms with Gasteiger partial charge in [0.25, 0.3) is 0 Å². The minimum absolute atomic E-state index is 0.856. The van der Waals surface area contributed by atoms with Gasteiger partial charge in [0.2, 0.25) is 0 Å². The van der Waals surface area contributed by atoms with Crippen LogP contribution in [0.25, 0.3) is 93.3 Å². The number of para-hydroxylation sites is 4. The molecule has 0 bridgehead atoms. The number of aromatic nitrogens is 1. The smallest absolute Gasteiger partial charge is 0.159 e. The zero-order valence-electron chi connectivity index (χ0n) is 23.0. The summed E-state index contributed by atoms with van der Waals surface area (Å²) in [7, 11) is 0. The summed E-state index contributed by atoms with van der Waals surface area (Å²) in [5.41, 5.74) is 9.12. The van der Waals surface area contributed by atoms with Crippen molar-refractivity contribution in [3.8, 4) is 16.8 Å². The molecule has 3 aromatic heterocycles. The second-order valence-corrected chi connectivity index (χ2v) is 11.3. The monoisotopic (exact) mass is 549 g/mol. The molecule has 0 fully saturated rings. The molecule has 0 amide bonds. The highest BCUT2D eigenvalue weighted by molar-refractivity contribution is 6.18. The first kappa shape index (κ1) is 22.8. The van der Waals surface area contributed by atoms with Crippen molar-refractivity contribution in [1.82, 2.24) is 4.57 Å². The largest absolute Gasteiger partial charge is 0.455 e. The second kappa shape index (κ2) is 8.37. The van der Waals surface area contributed by atoms with Crippen LogP contribution in [0, 0.1) is 0 Å². The van der Waals surface area contributed by atoms with Crippen LogP contribution in [-0.2, 0) is 0 Å². The van der Waals surface area contributed by atoms with E-state index < -0.39 is 0 Å². The second-order valence-electron chi connectivity index (χ2n) is 11.3. The number of hydrogen-bond donors (Lipinski definition) is 0. The Morgan fingerprint density at radius 1 is 0.372 bits per heavy atom. The molecule has 0 aliphatic heterocycles. The van der Waals surface area contributed by atoms with Crippen LogP contribution in [0.1, 0.15) is 0 Å². The zero-order chi connectivity index (χ0) is 28.1. The summed E-state index contributed by atoms with van der Waals surface area (Å²) in [5, 5.41) is 9.18. The van der Waals surface area contributed by atoms with Crippen LogP contribution in [0.2, 0.25) is 0 Å². The average Bonchev–Trinajstić information content (AvgIpc) is 3.72. The number of furan rings is 2. The van der Waals surface area contributed by atoms with Crippen LogP contribution in [-0.4, -0.2) is 4.57 Å². The van der Waals surface area contributed by atoms with E-state index in [2.05, 4.69) is 144 Å². The van der Waals surface area contributed by atoms with Gasteiger partial charge in [0.15, 0.2) is 5.58 Å². The molecule has 7 aromatic carbocycles. The normalized spacial score (nSPS) is 12.2. The van der Waals surface area contributed by atoms with Crippen molar-refractivity contribution in [2.45, 2.75) is 0 Å². The SMILES string of the molecule is c1ccc2c(-c3cccc4c3oc3cc5c(cc34)oc3c(-n4c6ccccc6c6ccccc64)cccc35)cccc2c1. The summed E-state index contributed by atoms with van der Waals surface area (Å²) >= 11 is 0. The number of benzene rings is 7. The molecule has 3 heterocycles. The molecule has 0 saturated heterocycles. The lowest BCUT2D eigenvalue weighted by molar-refractivity contribution is 0.663. The summed E-state index contributed by atoms with van der Waals surface area (Å²) in [6.07, 6.45) is 0. The summed E-state index contributed by atoms with van der Waals surface area (Å²) < 4.78 is 15.8. The fourth-order valence-corrected chi connectivity index (χ4v) is 7.10. The first-order chi connectivity index (χ1) is 21.3. The molecule has 0 radical (unpaired) electrons. The van der Waals surface area contributed by atoms with E-state index in [1.165, 1.54) is 27.1 Å². The number of rotatable bonds is 2. The van der Waals surface area contributed by atoms with Crippen molar-refractivity contribution < 1.29 is 8.83 Å². The third-order valence-electron chi connectivity index (χ3n) is 9.00. The van der Waals surface area contributed by atoms with Gasteiger partial charge in [0.05, 0.1) is 16.7 Å². The fraction of sp³-hybridized carbons (Fsp3) is 0. The van der Waals surface area contributed by atoms with Gasteiger partial charge in [-0.25, -0.2) is 0 Å². The Morgan fingerprint density at radius 2 is 0.884 bits per heavy atom. The molecule has 200 valence electrons. The van der Waals surface area contributed by atoms with Crippen LogP contribution >= 0.6 is 0 Å². The zero-order valence-corrected chi connectivity index (χ0v) is 23.0. The number of nitrogens with zero attached hydrogens (tertiary/aromatic N) is 1. The van der Waals surface area contributed by atoms with Crippen molar-refractivity contribution in [3.63, 3.8) is 0 Å². The number of fused-ring (bicyclic) bond motifs is 10. The Balaban J connectivity index is 1.24. The maximum atomic E-state index is 6.74. The molecule has 43 heavy (non-hydrogen) atoms. The van der Waals surface area contributed by atoms with Gasteiger partial charge in [-0.15, -0.1) is 0 Å². The first-order valence-corrected chi connectivity index (χ1v) is 14.6. The van der Waals surface area contributed by atoms with E-state index in [4.69, 9.17) is 8.83 Å². The predicted molar refractivity (Wildman–Crippen MR) is 178 cm³/mol. The lowest BCUT2D eigenvalue weighted by atomic mass is 9.96. The molecule has 10 aromatic rings. The molecule has 0 saturated carbocycles. The Kier molecular flexibility index (Phi) is 4.45. The highest BCUT2D eigenvalue weighted by Gasteiger charge is 2.20. The van der Waals surface area contributed by atoms with Crippen LogP contribution < -0.4 is 0 Å². The van der Waals surface area contributed by atoms with E-state index in [0.717, 1.165) is 66.2 Å². The van der Waals surface area contributed by atoms with Crippen LogP contribution in [0.15, 0.2) is 148 Å². The molecule has 0 spiro atoms. The maximum Gasteiger partial charge on any atom is 0.159 e. The third kappa shape index (κ3) is 3.08. The lowest BCUT2D eigenvalue weighted by Gasteiger charge is -2.08. The summed E-state index contributed by atoms with van der Waals surface area (Å²) in [5.74, 6) is 0. The van der Waals surface area contributed by atoms with Crippen molar-refractivity contribution in [2.24, 2.45) is 0 Å². The topological polar surface area (TPSA) is 31.2 Å². The van der Waals surface area contributed by atoms with Crippen LogP contribution in [0.4, 0.5) is 0 Å². The quantitative estimate of drug-likeness (QED) is 0.215. The van der Waals surface area contributed by atoms with Gasteiger partial charge in [-0.05, 0) is 46.7 Å². The van der Waals surface area contributed by atoms with Crippen LogP contribution in [0.5, 0.6) is 0 Å². The van der Waals surface area contributed by atoms with Gasteiger partial charge in [0, 0.05) is 37.9 Å². The lowest BCUT2D eigenvalue weighted by Crippen LogP contribution is -1.93. The van der Waals surface area contributed by atoms with E-state index in [-0.39, 0.29) is 0 Å². The molecule has 3 nitrogen and oxygen atoms in total. The molecule has 0 aliphatic carbocycles. The Bertz CT molecular complexity index is 2680. The highest BCUT2D eigenvalue weighted by Crippen LogP contribution is 2.43. The first-order valence-electron chi connectivity index (χ1n) is 14.6. The van der Waals surface area contributed by atoms with Crippen molar-refractivity contribution in [1.29, 1.82) is 0 Å². The van der Waals surface area contributed by atoms with Gasteiger partial charge in [-0.1, -0.05) is 109 Å². The summed E-state index contributed by atoms with van der Waals surface area (Å²) in [4.78, 5) is 0. The molecule has 10 rings (SSSR count).